The van der Waals surface area contributed by atoms with E-state index in [1.807, 2.05) is 6.92 Å². The number of hydrogen-bond donors (Lipinski definition) is 2. The smallest absolute Gasteiger partial charge is 0.274 e. The van der Waals surface area contributed by atoms with Crippen molar-refractivity contribution in [2.45, 2.75) is 32.4 Å². The van der Waals surface area contributed by atoms with E-state index in [-0.39, 0.29) is 11.7 Å². The van der Waals surface area contributed by atoms with Crippen molar-refractivity contribution < 1.29 is 27.9 Å². The van der Waals surface area contributed by atoms with Crippen molar-refractivity contribution in [3.63, 3.8) is 0 Å². The predicted molar refractivity (Wildman–Crippen MR) is 101 cm³/mol. The molecule has 2 N–H and O–H groups in total. The Hall–Kier alpha value is -3.30. The van der Waals surface area contributed by atoms with Crippen molar-refractivity contribution in [1.82, 2.24) is 14.8 Å². The fourth-order valence-corrected chi connectivity index (χ4v) is 3.52. The van der Waals surface area contributed by atoms with Crippen molar-refractivity contribution in [2.75, 3.05) is 13.6 Å². The SMILES string of the molecule is CCC[C@@H]1CN(C)C(=O)c2c(O)c(=O)c(C(=O)NCc3c(F)cc(F)cc3F)cn21. The molecule has 7 nitrogen and oxygen atoms in total. The lowest BCUT2D eigenvalue weighted by Gasteiger charge is -2.34. The molecule has 160 valence electrons. The molecule has 0 bridgehead atoms. The van der Waals surface area contributed by atoms with E-state index in [9.17, 15) is 32.7 Å². The molecular formula is C20H20F3N3O4. The van der Waals surface area contributed by atoms with E-state index < -0.39 is 58.1 Å². The van der Waals surface area contributed by atoms with Crippen LogP contribution in [0.4, 0.5) is 13.2 Å². The highest BCUT2D eigenvalue weighted by Crippen LogP contribution is 2.28. The number of likely N-dealkylation sites (N-methyl/N-ethyl adjacent to an activating group) is 1. The molecule has 2 amide bonds. The first-order valence-electron chi connectivity index (χ1n) is 9.30. The first-order valence-corrected chi connectivity index (χ1v) is 9.30. The first kappa shape index (κ1) is 21.4. The predicted octanol–water partition coefficient (Wildman–Crippen LogP) is 2.33. The average Bonchev–Trinajstić information content (AvgIpc) is 2.67. The molecule has 1 aromatic heterocycles. The van der Waals surface area contributed by atoms with Gasteiger partial charge in [0.1, 0.15) is 23.0 Å². The van der Waals surface area contributed by atoms with Crippen LogP contribution in [0.2, 0.25) is 0 Å². The van der Waals surface area contributed by atoms with Gasteiger partial charge in [-0.15, -0.1) is 0 Å². The molecule has 2 aromatic rings. The van der Waals surface area contributed by atoms with Crippen molar-refractivity contribution in [2.24, 2.45) is 0 Å². The number of halogens is 3. The van der Waals surface area contributed by atoms with E-state index in [2.05, 4.69) is 5.32 Å². The van der Waals surface area contributed by atoms with Crippen molar-refractivity contribution in [3.8, 4) is 5.75 Å². The maximum absolute atomic E-state index is 13.8. The topological polar surface area (TPSA) is 91.6 Å². The van der Waals surface area contributed by atoms with Gasteiger partial charge in [0.25, 0.3) is 11.8 Å². The number of amides is 2. The summed E-state index contributed by atoms with van der Waals surface area (Å²) >= 11 is 0. The number of carbonyl (C=O) groups is 2. The molecule has 0 fully saturated rings. The average molecular weight is 423 g/mol. The molecule has 1 aliphatic rings. The Labute approximate surface area is 169 Å². The lowest BCUT2D eigenvalue weighted by Crippen LogP contribution is -2.43. The molecular weight excluding hydrogens is 403 g/mol. The van der Waals surface area contributed by atoms with Gasteiger partial charge < -0.3 is 19.9 Å². The van der Waals surface area contributed by atoms with Crippen LogP contribution < -0.4 is 10.7 Å². The molecule has 1 aliphatic heterocycles. The van der Waals surface area contributed by atoms with Gasteiger partial charge in [0.2, 0.25) is 5.43 Å². The Bertz CT molecular complexity index is 1060. The molecule has 0 saturated carbocycles. The van der Waals surface area contributed by atoms with Gasteiger partial charge in [-0.3, -0.25) is 14.4 Å². The number of benzene rings is 1. The summed E-state index contributed by atoms with van der Waals surface area (Å²) in [6.45, 7) is 1.62. The summed E-state index contributed by atoms with van der Waals surface area (Å²) in [7, 11) is 1.55. The summed E-state index contributed by atoms with van der Waals surface area (Å²) in [5, 5.41) is 12.5. The Kier molecular flexibility index (Phi) is 5.86. The fourth-order valence-electron chi connectivity index (χ4n) is 3.52. The quantitative estimate of drug-likeness (QED) is 0.772. The van der Waals surface area contributed by atoms with Gasteiger partial charge in [-0.2, -0.15) is 0 Å². The summed E-state index contributed by atoms with van der Waals surface area (Å²) in [6.07, 6.45) is 2.55. The number of hydrogen-bond acceptors (Lipinski definition) is 4. The van der Waals surface area contributed by atoms with Crippen molar-refractivity contribution >= 4 is 11.8 Å². The molecule has 0 aliphatic carbocycles. The van der Waals surface area contributed by atoms with E-state index in [1.165, 1.54) is 15.7 Å². The van der Waals surface area contributed by atoms with Crippen LogP contribution in [0, 0.1) is 17.5 Å². The second kappa shape index (κ2) is 8.21. The number of pyridine rings is 1. The van der Waals surface area contributed by atoms with E-state index in [4.69, 9.17) is 0 Å². The Morgan fingerprint density at radius 2 is 1.87 bits per heavy atom. The Morgan fingerprint density at radius 1 is 1.23 bits per heavy atom. The second-order valence-electron chi connectivity index (χ2n) is 7.14. The van der Waals surface area contributed by atoms with E-state index in [0.29, 0.717) is 25.1 Å². The van der Waals surface area contributed by atoms with Crippen LogP contribution in [-0.4, -0.2) is 40.0 Å². The van der Waals surface area contributed by atoms with Gasteiger partial charge in [-0.05, 0) is 6.42 Å². The molecule has 0 radical (unpaired) electrons. The minimum Gasteiger partial charge on any atom is -0.503 e. The van der Waals surface area contributed by atoms with Crippen LogP contribution in [0.5, 0.6) is 5.75 Å². The first-order chi connectivity index (χ1) is 14.1. The number of fused-ring (bicyclic) bond motifs is 1. The molecule has 1 aromatic carbocycles. The van der Waals surface area contributed by atoms with Gasteiger partial charge in [0.05, 0.1) is 6.04 Å². The van der Waals surface area contributed by atoms with Gasteiger partial charge in [-0.25, -0.2) is 13.2 Å². The van der Waals surface area contributed by atoms with Crippen molar-refractivity contribution in [3.05, 3.63) is 62.8 Å². The summed E-state index contributed by atoms with van der Waals surface area (Å²) in [5.74, 6) is -5.88. The summed E-state index contributed by atoms with van der Waals surface area (Å²) < 4.78 is 42.0. The highest BCUT2D eigenvalue weighted by molar-refractivity contribution is 5.99. The second-order valence-corrected chi connectivity index (χ2v) is 7.14. The highest BCUT2D eigenvalue weighted by Gasteiger charge is 2.33. The number of carbonyl (C=O) groups excluding carboxylic acids is 2. The number of nitrogens with zero attached hydrogens (tertiary/aromatic N) is 2. The van der Waals surface area contributed by atoms with Gasteiger partial charge in [0.15, 0.2) is 11.4 Å². The molecule has 30 heavy (non-hydrogen) atoms. The minimum atomic E-state index is -1.19. The van der Waals surface area contributed by atoms with E-state index in [0.717, 1.165) is 6.42 Å². The van der Waals surface area contributed by atoms with Gasteiger partial charge >= 0.3 is 0 Å². The molecule has 0 unspecified atom stereocenters. The monoisotopic (exact) mass is 423 g/mol. The van der Waals surface area contributed by atoms with Crippen LogP contribution in [0.25, 0.3) is 0 Å². The van der Waals surface area contributed by atoms with Crippen molar-refractivity contribution in [1.29, 1.82) is 0 Å². The summed E-state index contributed by atoms with van der Waals surface area (Å²) in [4.78, 5) is 38.8. The molecule has 1 atom stereocenters. The van der Waals surface area contributed by atoms with Gasteiger partial charge in [-0.1, -0.05) is 13.3 Å². The molecule has 2 heterocycles. The highest BCUT2D eigenvalue weighted by atomic mass is 19.1. The summed E-state index contributed by atoms with van der Waals surface area (Å²) in [5.41, 5.74) is -2.33. The molecule has 0 saturated heterocycles. The zero-order valence-corrected chi connectivity index (χ0v) is 16.3. The van der Waals surface area contributed by atoms with Crippen LogP contribution in [0.3, 0.4) is 0 Å². The third kappa shape index (κ3) is 3.77. The third-order valence-corrected chi connectivity index (χ3v) is 5.04. The van der Waals surface area contributed by atoms with Gasteiger partial charge in [0, 0.05) is 44.0 Å². The minimum absolute atomic E-state index is 0.209. The molecule has 3 rings (SSSR count). The lowest BCUT2D eigenvalue weighted by atomic mass is 10.0. The third-order valence-electron chi connectivity index (χ3n) is 5.04. The zero-order chi connectivity index (χ0) is 22.2. The largest absolute Gasteiger partial charge is 0.503 e. The van der Waals surface area contributed by atoms with E-state index in [1.54, 1.807) is 7.05 Å². The lowest BCUT2D eigenvalue weighted by molar-refractivity contribution is 0.0702. The zero-order valence-electron chi connectivity index (χ0n) is 16.3. The summed E-state index contributed by atoms with van der Waals surface area (Å²) in [6, 6.07) is 0.682. The number of nitrogens with one attached hydrogen (secondary N) is 1. The Morgan fingerprint density at radius 3 is 2.47 bits per heavy atom. The fraction of sp³-hybridized carbons (Fsp3) is 0.350. The van der Waals surface area contributed by atoms with E-state index >= 15 is 0 Å². The molecule has 10 heteroatoms. The number of rotatable bonds is 5. The maximum Gasteiger partial charge on any atom is 0.274 e. The maximum atomic E-state index is 13.8. The number of aromatic nitrogens is 1. The normalized spacial score (nSPS) is 15.8. The van der Waals surface area contributed by atoms with Crippen LogP contribution in [0.1, 0.15) is 52.2 Å². The Balaban J connectivity index is 1.96. The number of aromatic hydroxyl groups is 1. The molecule has 0 spiro atoms. The van der Waals surface area contributed by atoms with Crippen LogP contribution in [-0.2, 0) is 6.54 Å². The van der Waals surface area contributed by atoms with Crippen LogP contribution >= 0.6 is 0 Å². The van der Waals surface area contributed by atoms with Crippen LogP contribution in [0.15, 0.2) is 23.1 Å². The standard InChI is InChI=1S/C20H20F3N3O4/c1-3-4-11-8-25(2)20(30)16-18(28)17(27)13(9-26(11)16)19(29)24-7-12-14(22)5-10(21)6-15(12)23/h5-6,9,11,28H,3-4,7-8H2,1-2H3,(H,24,29)/t11-/m1/s1.